The smallest absolute Gasteiger partial charge is 0.305 e. The van der Waals surface area contributed by atoms with Crippen molar-refractivity contribution >= 4 is 17.5 Å². The molecule has 11 heavy (non-hydrogen) atoms. The molecule has 0 spiro atoms. The largest absolute Gasteiger partial charge is 0.481 e. The van der Waals surface area contributed by atoms with Crippen LogP contribution in [0, 0.1) is 0 Å². The van der Waals surface area contributed by atoms with Gasteiger partial charge in [-0.05, 0) is 0 Å². The van der Waals surface area contributed by atoms with E-state index in [1.54, 1.807) is 0 Å². The summed E-state index contributed by atoms with van der Waals surface area (Å²) < 4.78 is 0. The highest BCUT2D eigenvalue weighted by Gasteiger charge is 2.20. The molecular weight excluding hydrogens is 150 g/mol. The van der Waals surface area contributed by atoms with Gasteiger partial charge in [-0.3, -0.25) is 14.4 Å². The van der Waals surface area contributed by atoms with Gasteiger partial charge in [-0.15, -0.1) is 0 Å². The predicted molar refractivity (Wildman–Crippen MR) is 35.9 cm³/mol. The van der Waals surface area contributed by atoms with Crippen LogP contribution in [0.4, 0.5) is 0 Å². The monoisotopic (exact) mass is 159 g/mol. The zero-order valence-corrected chi connectivity index (χ0v) is 6.03. The lowest BCUT2D eigenvalue weighted by Crippen LogP contribution is -2.36. The van der Waals surface area contributed by atoms with Gasteiger partial charge >= 0.3 is 5.97 Å². The summed E-state index contributed by atoms with van der Waals surface area (Å²) in [5, 5.41) is 8.17. The summed E-state index contributed by atoms with van der Waals surface area (Å²) in [6.45, 7) is 1.06. The van der Waals surface area contributed by atoms with Crippen LogP contribution >= 0.6 is 0 Å². The Morgan fingerprint density at radius 3 is 2.18 bits per heavy atom. The SMILES string of the molecule is CC(=O)C(=O)[C@@H](N)CC(=O)O. The number of carboxylic acids is 1. The third-order valence-electron chi connectivity index (χ3n) is 1.08. The number of aliphatic carboxylic acids is 1. The fourth-order valence-electron chi connectivity index (χ4n) is 0.542. The van der Waals surface area contributed by atoms with Crippen molar-refractivity contribution in [3.8, 4) is 0 Å². The van der Waals surface area contributed by atoms with Gasteiger partial charge in [0, 0.05) is 6.92 Å². The van der Waals surface area contributed by atoms with E-state index in [9.17, 15) is 14.4 Å². The molecule has 0 aliphatic carbocycles. The highest BCUT2D eigenvalue weighted by atomic mass is 16.4. The Balaban J connectivity index is 4.03. The second kappa shape index (κ2) is 3.82. The fourth-order valence-corrected chi connectivity index (χ4v) is 0.542. The number of nitrogens with two attached hydrogens (primary N) is 1. The van der Waals surface area contributed by atoms with Gasteiger partial charge in [0.15, 0.2) is 5.78 Å². The van der Waals surface area contributed by atoms with E-state index in [1.807, 2.05) is 0 Å². The summed E-state index contributed by atoms with van der Waals surface area (Å²) >= 11 is 0. The predicted octanol–water partition coefficient (Wildman–Crippen LogP) is -1.05. The van der Waals surface area contributed by atoms with Crippen LogP contribution in [0.2, 0.25) is 0 Å². The molecule has 0 radical (unpaired) electrons. The number of hydrogen-bond acceptors (Lipinski definition) is 4. The van der Waals surface area contributed by atoms with Gasteiger partial charge in [-0.2, -0.15) is 0 Å². The average Bonchev–Trinajstić information content (AvgIpc) is 1.84. The van der Waals surface area contributed by atoms with Crippen LogP contribution in [-0.2, 0) is 14.4 Å². The highest BCUT2D eigenvalue weighted by Crippen LogP contribution is 1.90. The molecule has 0 aliphatic rings. The van der Waals surface area contributed by atoms with Gasteiger partial charge in [0.05, 0.1) is 12.5 Å². The number of carbonyl (C=O) groups excluding carboxylic acids is 2. The van der Waals surface area contributed by atoms with Crippen LogP contribution in [0.25, 0.3) is 0 Å². The molecule has 0 aromatic rings. The molecule has 0 aromatic heterocycles. The average molecular weight is 159 g/mol. The Morgan fingerprint density at radius 1 is 1.45 bits per heavy atom. The Morgan fingerprint density at radius 2 is 1.91 bits per heavy atom. The van der Waals surface area contributed by atoms with Gasteiger partial charge in [-0.25, -0.2) is 0 Å². The van der Waals surface area contributed by atoms with Crippen molar-refractivity contribution in [2.24, 2.45) is 5.73 Å². The molecule has 1 atom stereocenters. The maximum absolute atomic E-state index is 10.6. The minimum Gasteiger partial charge on any atom is -0.481 e. The summed E-state index contributed by atoms with van der Waals surface area (Å²) in [5.41, 5.74) is 5.07. The molecule has 5 heteroatoms. The zero-order valence-electron chi connectivity index (χ0n) is 6.03. The van der Waals surface area contributed by atoms with E-state index in [0.717, 1.165) is 6.92 Å². The maximum Gasteiger partial charge on any atom is 0.305 e. The second-order valence-electron chi connectivity index (χ2n) is 2.12. The summed E-state index contributed by atoms with van der Waals surface area (Å²) in [7, 11) is 0. The van der Waals surface area contributed by atoms with Crippen LogP contribution < -0.4 is 5.73 Å². The van der Waals surface area contributed by atoms with Crippen molar-refractivity contribution < 1.29 is 19.5 Å². The molecule has 3 N–H and O–H groups in total. The van der Waals surface area contributed by atoms with E-state index in [1.165, 1.54) is 0 Å². The van der Waals surface area contributed by atoms with Crippen molar-refractivity contribution in [2.45, 2.75) is 19.4 Å². The van der Waals surface area contributed by atoms with E-state index >= 15 is 0 Å². The van der Waals surface area contributed by atoms with Crippen LogP contribution in [0.5, 0.6) is 0 Å². The Bertz CT molecular complexity index is 199. The quantitative estimate of drug-likeness (QED) is 0.510. The first kappa shape index (κ1) is 9.77. The molecular formula is C6H9NO4. The molecule has 5 nitrogen and oxygen atoms in total. The molecule has 0 rings (SSSR count). The minimum absolute atomic E-state index is 0.502. The summed E-state index contributed by atoms with van der Waals surface area (Å²) in [6.07, 6.45) is -0.502. The molecule has 0 fully saturated rings. The lowest BCUT2D eigenvalue weighted by Gasteiger charge is -2.02. The lowest BCUT2D eigenvalue weighted by atomic mass is 10.1. The number of carboxylic acid groups (broad SMARTS) is 1. The molecule has 0 saturated carbocycles. The summed E-state index contributed by atoms with van der Waals surface area (Å²) in [5.74, 6) is -2.74. The molecule has 0 aromatic carbocycles. The van der Waals surface area contributed by atoms with Crippen LogP contribution in [0.15, 0.2) is 0 Å². The van der Waals surface area contributed by atoms with Gasteiger partial charge < -0.3 is 10.8 Å². The van der Waals surface area contributed by atoms with Crippen LogP contribution in [0.1, 0.15) is 13.3 Å². The summed E-state index contributed by atoms with van der Waals surface area (Å²) in [4.78, 5) is 31.0. The topological polar surface area (TPSA) is 97.5 Å². The number of ketones is 2. The first-order valence-corrected chi connectivity index (χ1v) is 2.97. The summed E-state index contributed by atoms with van der Waals surface area (Å²) in [6, 6.07) is -1.20. The molecule has 0 saturated heterocycles. The van der Waals surface area contributed by atoms with Gasteiger partial charge in [-0.1, -0.05) is 0 Å². The second-order valence-corrected chi connectivity index (χ2v) is 2.12. The third kappa shape index (κ3) is 3.47. The van der Waals surface area contributed by atoms with E-state index < -0.39 is 30.0 Å². The standard InChI is InChI=1S/C6H9NO4/c1-3(8)6(11)4(7)2-5(9)10/h4H,2,7H2,1H3,(H,9,10)/t4-/m0/s1. The van der Waals surface area contributed by atoms with Crippen molar-refractivity contribution in [1.82, 2.24) is 0 Å². The van der Waals surface area contributed by atoms with Gasteiger partial charge in [0.25, 0.3) is 0 Å². The van der Waals surface area contributed by atoms with Gasteiger partial charge in [0.1, 0.15) is 0 Å². The fraction of sp³-hybridized carbons (Fsp3) is 0.500. The van der Waals surface area contributed by atoms with Crippen molar-refractivity contribution in [1.29, 1.82) is 0 Å². The number of carbonyl (C=O) groups is 3. The van der Waals surface area contributed by atoms with E-state index in [4.69, 9.17) is 10.8 Å². The van der Waals surface area contributed by atoms with Crippen molar-refractivity contribution in [2.75, 3.05) is 0 Å². The first-order chi connectivity index (χ1) is 4.95. The molecule has 0 heterocycles. The number of hydrogen-bond donors (Lipinski definition) is 2. The first-order valence-electron chi connectivity index (χ1n) is 2.97. The Kier molecular flexibility index (Phi) is 3.39. The van der Waals surface area contributed by atoms with E-state index in [-0.39, 0.29) is 0 Å². The minimum atomic E-state index is -1.20. The van der Waals surface area contributed by atoms with Crippen molar-refractivity contribution in [3.63, 3.8) is 0 Å². The van der Waals surface area contributed by atoms with Crippen LogP contribution in [-0.4, -0.2) is 28.7 Å². The number of Topliss-reactive ketones (excluding diaryl/α,β-unsaturated/α-hetero) is 2. The molecule has 0 amide bonds. The Hall–Kier alpha value is -1.23. The zero-order chi connectivity index (χ0) is 9.02. The third-order valence-corrected chi connectivity index (χ3v) is 1.08. The van der Waals surface area contributed by atoms with Gasteiger partial charge in [0.2, 0.25) is 5.78 Å². The molecule has 62 valence electrons. The lowest BCUT2D eigenvalue weighted by molar-refractivity contribution is -0.141. The van der Waals surface area contributed by atoms with Crippen LogP contribution in [0.3, 0.4) is 0 Å². The molecule has 0 aliphatic heterocycles. The number of rotatable bonds is 4. The normalized spacial score (nSPS) is 12.2. The van der Waals surface area contributed by atoms with E-state index in [0.29, 0.717) is 0 Å². The molecule has 0 bridgehead atoms. The molecule has 0 unspecified atom stereocenters. The van der Waals surface area contributed by atoms with E-state index in [2.05, 4.69) is 0 Å². The highest BCUT2D eigenvalue weighted by molar-refractivity contribution is 6.38. The maximum atomic E-state index is 10.6. The van der Waals surface area contributed by atoms with Crippen molar-refractivity contribution in [3.05, 3.63) is 0 Å². The Labute approximate surface area is 63.2 Å².